The molecule has 14 nitrogen and oxygen atoms in total. The molecular weight excluding hydrogens is 921 g/mol. The number of carboxylic acid groups (broad SMARTS) is 4. The fourth-order valence-corrected chi connectivity index (χ4v) is 7.48. The lowest BCUT2D eigenvalue weighted by Crippen LogP contribution is -2.12. The van der Waals surface area contributed by atoms with Crippen LogP contribution in [0.1, 0.15) is 125 Å². The van der Waals surface area contributed by atoms with Gasteiger partial charge in [0.2, 0.25) is 0 Å². The molecule has 6 aromatic rings. The van der Waals surface area contributed by atoms with Gasteiger partial charge in [-0.3, -0.25) is 9.59 Å². The molecule has 0 fully saturated rings. The summed E-state index contributed by atoms with van der Waals surface area (Å²) in [4.78, 5) is 74.0. The number of allylic oxidation sites excluding steroid dienone is 2. The highest BCUT2D eigenvalue weighted by Crippen LogP contribution is 2.41. The van der Waals surface area contributed by atoms with E-state index in [1.165, 1.54) is 12.2 Å². The first-order valence-corrected chi connectivity index (χ1v) is 23.4. The van der Waals surface area contributed by atoms with E-state index < -0.39 is 46.1 Å². The predicted octanol–water partition coefficient (Wildman–Crippen LogP) is 12.0. The third-order valence-electron chi connectivity index (χ3n) is 11.3. The van der Waals surface area contributed by atoms with Crippen LogP contribution in [0.15, 0.2) is 146 Å². The van der Waals surface area contributed by atoms with Crippen molar-refractivity contribution in [3.05, 3.63) is 190 Å². The molecule has 0 saturated carbocycles. The second-order valence-corrected chi connectivity index (χ2v) is 16.5. The number of carbonyl (C=O) groups is 6. The molecule has 0 atom stereocenters. The summed E-state index contributed by atoms with van der Waals surface area (Å²) in [5, 5.41) is 40.0. The Kier molecular flexibility index (Phi) is 19.6. The molecule has 14 heteroatoms. The molecule has 370 valence electrons. The van der Waals surface area contributed by atoms with Crippen LogP contribution in [-0.4, -0.2) is 82.3 Å². The van der Waals surface area contributed by atoms with Crippen LogP contribution in [0.25, 0.3) is 23.3 Å². The van der Waals surface area contributed by atoms with Gasteiger partial charge in [-0.15, -0.1) is 0 Å². The molecule has 0 aromatic heterocycles. The van der Waals surface area contributed by atoms with Gasteiger partial charge >= 0.3 is 23.9 Å². The molecule has 6 aromatic carbocycles. The fraction of sp³-hybridized carbons (Fsp3) is 0.207. The minimum absolute atomic E-state index is 0.00594. The molecule has 0 aliphatic carbocycles. The maximum Gasteiger partial charge on any atom is 0.336 e. The maximum absolute atomic E-state index is 12.4. The van der Waals surface area contributed by atoms with Crippen LogP contribution in [-0.2, 0) is 0 Å². The van der Waals surface area contributed by atoms with Gasteiger partial charge in [0.05, 0.1) is 48.7 Å². The van der Waals surface area contributed by atoms with Gasteiger partial charge in [-0.05, 0) is 123 Å². The number of aromatic carboxylic acids is 4. The van der Waals surface area contributed by atoms with Crippen LogP contribution in [0, 0.1) is 0 Å². The fourth-order valence-electron chi connectivity index (χ4n) is 7.48. The summed E-state index contributed by atoms with van der Waals surface area (Å²) in [5.41, 5.74) is 0.619. The number of rotatable bonds is 29. The average Bonchev–Trinajstić information content (AvgIpc) is 3.39. The van der Waals surface area contributed by atoms with Crippen LogP contribution in [0.3, 0.4) is 0 Å². The Bertz CT molecular complexity index is 2690. The number of ether oxygens (including phenoxy) is 4. The molecule has 4 N–H and O–H groups in total. The number of hydrogen-bond acceptors (Lipinski definition) is 10. The maximum atomic E-state index is 12.4. The number of unbranched alkanes of at least 4 members (excludes halogenated alkanes) is 6. The van der Waals surface area contributed by atoms with Gasteiger partial charge < -0.3 is 39.4 Å². The van der Waals surface area contributed by atoms with E-state index in [1.807, 2.05) is 84.9 Å². The molecule has 0 unspecified atom stereocenters. The smallest absolute Gasteiger partial charge is 0.336 e. The number of carbonyl (C=O) groups excluding carboxylic acids is 2. The van der Waals surface area contributed by atoms with Gasteiger partial charge in [0.25, 0.3) is 0 Å². The molecule has 72 heavy (non-hydrogen) atoms. The lowest BCUT2D eigenvalue weighted by atomic mass is 9.93. The van der Waals surface area contributed by atoms with Crippen molar-refractivity contribution < 1.29 is 68.1 Å². The zero-order valence-electron chi connectivity index (χ0n) is 39.4. The minimum atomic E-state index is -1.56. The highest BCUT2D eigenvalue weighted by molar-refractivity contribution is 6.08. The lowest BCUT2D eigenvalue weighted by molar-refractivity contribution is 0.0651. The van der Waals surface area contributed by atoms with Gasteiger partial charge in [0.15, 0.2) is 11.6 Å². The summed E-state index contributed by atoms with van der Waals surface area (Å²) in [6.45, 7) is 1.05. The summed E-state index contributed by atoms with van der Waals surface area (Å²) in [7, 11) is 0. The predicted molar refractivity (Wildman–Crippen MR) is 271 cm³/mol. The van der Waals surface area contributed by atoms with Gasteiger partial charge in [-0.1, -0.05) is 97.1 Å². The summed E-state index contributed by atoms with van der Waals surface area (Å²) in [5.74, 6) is -5.12. The third-order valence-corrected chi connectivity index (χ3v) is 11.3. The van der Waals surface area contributed by atoms with E-state index in [-0.39, 0.29) is 47.4 Å². The van der Waals surface area contributed by atoms with E-state index in [9.17, 15) is 49.2 Å². The summed E-state index contributed by atoms with van der Waals surface area (Å²) in [6.07, 6.45) is 11.9. The molecule has 0 spiro atoms. The first kappa shape index (κ1) is 52.6. The molecular formula is C58H54O14. The monoisotopic (exact) mass is 974 g/mol. The number of ketones is 2. The van der Waals surface area contributed by atoms with Crippen molar-refractivity contribution in [1.29, 1.82) is 0 Å². The van der Waals surface area contributed by atoms with E-state index in [1.54, 1.807) is 36.4 Å². The largest absolute Gasteiger partial charge is 0.494 e. The van der Waals surface area contributed by atoms with Crippen molar-refractivity contribution in [1.82, 2.24) is 0 Å². The number of carboxylic acids is 4. The first-order chi connectivity index (χ1) is 34.9. The Hall–Kier alpha value is -8.78. The van der Waals surface area contributed by atoms with E-state index in [4.69, 9.17) is 18.9 Å². The molecule has 0 heterocycles. The molecule has 0 amide bonds. The highest BCUT2D eigenvalue weighted by atomic mass is 16.5. The zero-order valence-corrected chi connectivity index (χ0v) is 39.4. The Morgan fingerprint density at radius 2 is 0.667 bits per heavy atom. The van der Waals surface area contributed by atoms with Crippen LogP contribution in [0.4, 0.5) is 0 Å². The minimum Gasteiger partial charge on any atom is -0.494 e. The number of benzene rings is 6. The van der Waals surface area contributed by atoms with E-state index in [2.05, 4.69) is 0 Å². The van der Waals surface area contributed by atoms with Crippen molar-refractivity contribution >= 4 is 47.6 Å². The molecule has 0 aliphatic heterocycles. The van der Waals surface area contributed by atoms with E-state index >= 15 is 0 Å². The van der Waals surface area contributed by atoms with E-state index in [0.29, 0.717) is 74.4 Å². The summed E-state index contributed by atoms with van der Waals surface area (Å²) >= 11 is 0. The first-order valence-electron chi connectivity index (χ1n) is 23.4. The quantitative estimate of drug-likeness (QED) is 0.0195. The second kappa shape index (κ2) is 26.8. The third kappa shape index (κ3) is 15.6. The van der Waals surface area contributed by atoms with Gasteiger partial charge in [0, 0.05) is 22.3 Å². The molecule has 6 rings (SSSR count). The van der Waals surface area contributed by atoms with Crippen molar-refractivity contribution in [3.8, 4) is 34.1 Å². The molecule has 0 saturated heterocycles. The van der Waals surface area contributed by atoms with Crippen molar-refractivity contribution in [2.75, 3.05) is 26.4 Å². The Morgan fingerprint density at radius 3 is 0.986 bits per heavy atom. The summed E-state index contributed by atoms with van der Waals surface area (Å²) in [6, 6.07) is 37.0. The number of hydrogen-bond donors (Lipinski definition) is 4. The molecule has 0 radical (unpaired) electrons. The Balaban J connectivity index is 1.02. The van der Waals surface area contributed by atoms with Gasteiger partial charge in [-0.25, -0.2) is 19.2 Å². The zero-order chi connectivity index (χ0) is 51.2. The Labute approximate surface area is 416 Å². The van der Waals surface area contributed by atoms with Crippen LogP contribution < -0.4 is 18.9 Å². The van der Waals surface area contributed by atoms with Gasteiger partial charge in [-0.2, -0.15) is 0 Å². The average molecular weight is 975 g/mol. The van der Waals surface area contributed by atoms with Gasteiger partial charge in [0.1, 0.15) is 23.0 Å². The molecule has 0 aliphatic rings. The normalized spacial score (nSPS) is 11.1. The summed E-state index contributed by atoms with van der Waals surface area (Å²) < 4.78 is 24.0. The standard InChI is InChI=1S/C58H54O14/c59-51(41-15-7-5-8-16-41)29-23-39-19-25-43(26-20-39)69-31-11-1-3-13-33-71-53-37-49(57(65)66)47(55(61)62)35-45(53)46-36-48(56(63)64)50(58(67)68)38-54(46)72-34-14-4-2-12-32-70-44-27-21-40(22-28-44)24-30-52(60)42-17-9-6-10-18-42/h5-10,15-30,35-38H,1-4,11-14,31-34H2,(H,61,62)(H,63,64)(H,65,66)(H,67,68). The second-order valence-electron chi connectivity index (χ2n) is 16.5. The highest BCUT2D eigenvalue weighted by Gasteiger charge is 2.26. The SMILES string of the molecule is O=C(C=Cc1ccc(OCCCCCCOc2cc(C(=O)O)c(C(=O)O)cc2-c2cc(C(=O)O)c(C(=O)O)cc2OCCCCCCOc2ccc(C=CC(=O)c3ccccc3)cc2)cc1)c1ccccc1. The lowest BCUT2D eigenvalue weighted by Gasteiger charge is -2.19. The van der Waals surface area contributed by atoms with E-state index in [0.717, 1.165) is 48.2 Å². The van der Waals surface area contributed by atoms with Crippen LogP contribution >= 0.6 is 0 Å². The van der Waals surface area contributed by atoms with Crippen LogP contribution in [0.5, 0.6) is 23.0 Å². The van der Waals surface area contributed by atoms with Crippen molar-refractivity contribution in [3.63, 3.8) is 0 Å². The Morgan fingerprint density at radius 1 is 0.361 bits per heavy atom. The van der Waals surface area contributed by atoms with Crippen molar-refractivity contribution in [2.24, 2.45) is 0 Å². The van der Waals surface area contributed by atoms with Crippen LogP contribution in [0.2, 0.25) is 0 Å². The molecule has 0 bridgehead atoms. The topological polar surface area (TPSA) is 220 Å². The van der Waals surface area contributed by atoms with Crippen molar-refractivity contribution in [2.45, 2.75) is 51.4 Å².